The van der Waals surface area contributed by atoms with Crippen LogP contribution in [0.25, 0.3) is 0 Å². The zero-order chi connectivity index (χ0) is 13.9. The van der Waals surface area contributed by atoms with E-state index in [4.69, 9.17) is 0 Å². The van der Waals surface area contributed by atoms with E-state index >= 15 is 0 Å². The first-order valence-electron chi connectivity index (χ1n) is 7.12. The Bertz CT molecular complexity index is 608. The van der Waals surface area contributed by atoms with Gasteiger partial charge in [0.15, 0.2) is 5.78 Å². The zero-order valence-electron chi connectivity index (χ0n) is 11.8. The lowest BCUT2D eigenvalue weighted by atomic mass is 10.0. The molecule has 0 bridgehead atoms. The fraction of sp³-hybridized carbons (Fsp3) is 0.278. The molecule has 0 aromatic heterocycles. The first-order valence-corrected chi connectivity index (χ1v) is 7.12. The number of carbonyl (C=O) groups is 1. The summed E-state index contributed by atoms with van der Waals surface area (Å²) in [6, 6.07) is 16.4. The van der Waals surface area contributed by atoms with Crippen LogP contribution in [0, 0.1) is 6.92 Å². The summed E-state index contributed by atoms with van der Waals surface area (Å²) in [7, 11) is 0. The third-order valence-electron chi connectivity index (χ3n) is 4.01. The number of carbonyl (C=O) groups excluding carboxylic acids is 1. The van der Waals surface area contributed by atoms with Crippen LogP contribution in [0.15, 0.2) is 48.5 Å². The Kier molecular flexibility index (Phi) is 3.66. The molecule has 0 fully saturated rings. The van der Waals surface area contributed by atoms with Gasteiger partial charge in [-0.1, -0.05) is 48.5 Å². The number of hydrogen-bond acceptors (Lipinski definition) is 2. The van der Waals surface area contributed by atoms with Gasteiger partial charge in [-0.15, -0.1) is 0 Å². The van der Waals surface area contributed by atoms with Gasteiger partial charge in [-0.3, -0.25) is 9.69 Å². The molecule has 2 aromatic carbocycles. The molecule has 1 aliphatic heterocycles. The van der Waals surface area contributed by atoms with E-state index in [1.165, 1.54) is 11.1 Å². The number of nitrogens with zero attached hydrogens (tertiary/aromatic N) is 1. The first-order chi connectivity index (χ1) is 9.74. The standard InChI is InChI=1S/C18H19NO/c1-14-6-2-5-9-17(14)18(20)10-11-19-12-15-7-3-4-8-16(15)13-19/h2-9H,10-13H2,1H3. The molecular formula is C18H19NO. The van der Waals surface area contributed by atoms with Crippen molar-refractivity contribution < 1.29 is 4.79 Å². The largest absolute Gasteiger partial charge is 0.294 e. The molecule has 0 spiro atoms. The molecule has 0 aliphatic carbocycles. The lowest BCUT2D eigenvalue weighted by Crippen LogP contribution is -2.20. The van der Waals surface area contributed by atoms with Crippen LogP contribution in [0.2, 0.25) is 0 Å². The monoisotopic (exact) mass is 265 g/mol. The van der Waals surface area contributed by atoms with Crippen molar-refractivity contribution in [2.24, 2.45) is 0 Å². The van der Waals surface area contributed by atoms with Crippen LogP contribution >= 0.6 is 0 Å². The van der Waals surface area contributed by atoms with Gasteiger partial charge >= 0.3 is 0 Å². The summed E-state index contributed by atoms with van der Waals surface area (Å²) >= 11 is 0. The number of Topliss-reactive ketones (excluding diaryl/α,β-unsaturated/α-hetero) is 1. The van der Waals surface area contributed by atoms with Crippen molar-refractivity contribution in [3.8, 4) is 0 Å². The third kappa shape index (κ3) is 2.66. The second kappa shape index (κ2) is 5.59. The Labute approximate surface area is 120 Å². The quantitative estimate of drug-likeness (QED) is 0.787. The molecule has 2 heteroatoms. The summed E-state index contributed by atoms with van der Waals surface area (Å²) in [5.74, 6) is 0.249. The molecular weight excluding hydrogens is 246 g/mol. The van der Waals surface area contributed by atoms with Crippen molar-refractivity contribution in [3.63, 3.8) is 0 Å². The predicted molar refractivity (Wildman–Crippen MR) is 80.7 cm³/mol. The molecule has 20 heavy (non-hydrogen) atoms. The number of rotatable bonds is 4. The second-order valence-corrected chi connectivity index (χ2v) is 5.47. The van der Waals surface area contributed by atoms with Gasteiger partial charge in [-0.25, -0.2) is 0 Å². The van der Waals surface area contributed by atoms with E-state index in [1.807, 2.05) is 31.2 Å². The molecule has 1 aliphatic rings. The Balaban J connectivity index is 1.59. The maximum Gasteiger partial charge on any atom is 0.164 e. The fourth-order valence-corrected chi connectivity index (χ4v) is 2.84. The summed E-state index contributed by atoms with van der Waals surface area (Å²) in [4.78, 5) is 14.6. The number of ketones is 1. The second-order valence-electron chi connectivity index (χ2n) is 5.47. The maximum absolute atomic E-state index is 12.3. The Hall–Kier alpha value is -1.93. The minimum atomic E-state index is 0.249. The zero-order valence-corrected chi connectivity index (χ0v) is 11.8. The number of hydrogen-bond donors (Lipinski definition) is 0. The molecule has 0 atom stereocenters. The van der Waals surface area contributed by atoms with Crippen LogP contribution < -0.4 is 0 Å². The summed E-state index contributed by atoms with van der Waals surface area (Å²) in [5, 5.41) is 0. The van der Waals surface area contributed by atoms with Crippen LogP contribution in [0.5, 0.6) is 0 Å². The maximum atomic E-state index is 12.3. The van der Waals surface area contributed by atoms with E-state index in [-0.39, 0.29) is 5.78 Å². The average molecular weight is 265 g/mol. The highest BCUT2D eigenvalue weighted by Gasteiger charge is 2.19. The molecule has 0 radical (unpaired) electrons. The Morgan fingerprint density at radius 2 is 1.60 bits per heavy atom. The van der Waals surface area contributed by atoms with Gasteiger partial charge in [-0.2, -0.15) is 0 Å². The third-order valence-corrected chi connectivity index (χ3v) is 4.01. The minimum Gasteiger partial charge on any atom is -0.294 e. The summed E-state index contributed by atoms with van der Waals surface area (Å²) in [6.45, 7) is 4.77. The van der Waals surface area contributed by atoms with Gasteiger partial charge in [-0.05, 0) is 23.6 Å². The van der Waals surface area contributed by atoms with Crippen molar-refractivity contribution in [1.82, 2.24) is 4.90 Å². The highest BCUT2D eigenvalue weighted by Crippen LogP contribution is 2.22. The van der Waals surface area contributed by atoms with Crippen molar-refractivity contribution >= 4 is 5.78 Å². The molecule has 2 aromatic rings. The van der Waals surface area contributed by atoms with E-state index in [1.54, 1.807) is 0 Å². The topological polar surface area (TPSA) is 20.3 Å². The number of benzene rings is 2. The van der Waals surface area contributed by atoms with Gasteiger partial charge in [0.2, 0.25) is 0 Å². The molecule has 0 unspecified atom stereocenters. The van der Waals surface area contributed by atoms with Crippen LogP contribution in [-0.4, -0.2) is 17.2 Å². The van der Waals surface area contributed by atoms with E-state index < -0.39 is 0 Å². The summed E-state index contributed by atoms with van der Waals surface area (Å²) in [6.07, 6.45) is 0.596. The van der Waals surface area contributed by atoms with E-state index in [0.717, 1.165) is 30.8 Å². The lowest BCUT2D eigenvalue weighted by molar-refractivity contribution is 0.0963. The number of fused-ring (bicyclic) bond motifs is 1. The van der Waals surface area contributed by atoms with Gasteiger partial charge in [0, 0.05) is 31.6 Å². The molecule has 0 N–H and O–H groups in total. The Morgan fingerprint density at radius 1 is 1.00 bits per heavy atom. The SMILES string of the molecule is Cc1ccccc1C(=O)CCN1Cc2ccccc2C1. The van der Waals surface area contributed by atoms with E-state index in [9.17, 15) is 4.79 Å². The number of aryl methyl sites for hydroxylation is 1. The van der Waals surface area contributed by atoms with Crippen molar-refractivity contribution in [1.29, 1.82) is 0 Å². The first kappa shape index (κ1) is 13.1. The molecule has 0 saturated heterocycles. The highest BCUT2D eigenvalue weighted by atomic mass is 16.1. The molecule has 0 saturated carbocycles. The van der Waals surface area contributed by atoms with Crippen LogP contribution in [0.3, 0.4) is 0 Å². The van der Waals surface area contributed by atoms with Crippen LogP contribution in [0.4, 0.5) is 0 Å². The van der Waals surface area contributed by atoms with Crippen LogP contribution in [0.1, 0.15) is 33.5 Å². The fourth-order valence-electron chi connectivity index (χ4n) is 2.84. The summed E-state index contributed by atoms with van der Waals surface area (Å²) < 4.78 is 0. The Morgan fingerprint density at radius 3 is 2.25 bits per heavy atom. The normalized spacial score (nSPS) is 14.2. The molecule has 0 amide bonds. The van der Waals surface area contributed by atoms with Crippen molar-refractivity contribution in [2.45, 2.75) is 26.4 Å². The smallest absolute Gasteiger partial charge is 0.164 e. The molecule has 1 heterocycles. The van der Waals surface area contributed by atoms with Gasteiger partial charge in [0.25, 0.3) is 0 Å². The van der Waals surface area contributed by atoms with Crippen molar-refractivity contribution in [2.75, 3.05) is 6.54 Å². The predicted octanol–water partition coefficient (Wildman–Crippen LogP) is 3.58. The average Bonchev–Trinajstić information content (AvgIpc) is 2.88. The van der Waals surface area contributed by atoms with Gasteiger partial charge in [0.1, 0.15) is 0 Å². The van der Waals surface area contributed by atoms with E-state index in [2.05, 4.69) is 29.2 Å². The molecule has 2 nitrogen and oxygen atoms in total. The van der Waals surface area contributed by atoms with E-state index in [0.29, 0.717) is 6.42 Å². The highest BCUT2D eigenvalue weighted by molar-refractivity contribution is 5.97. The minimum absolute atomic E-state index is 0.249. The van der Waals surface area contributed by atoms with Crippen molar-refractivity contribution in [3.05, 3.63) is 70.8 Å². The van der Waals surface area contributed by atoms with Gasteiger partial charge in [0.05, 0.1) is 0 Å². The summed E-state index contributed by atoms with van der Waals surface area (Å²) in [5.41, 5.74) is 4.73. The van der Waals surface area contributed by atoms with Gasteiger partial charge < -0.3 is 0 Å². The molecule has 3 rings (SSSR count). The van der Waals surface area contributed by atoms with Crippen LogP contribution in [-0.2, 0) is 13.1 Å². The molecule has 102 valence electrons. The lowest BCUT2D eigenvalue weighted by Gasteiger charge is -2.14.